The number of nitrogens with zero attached hydrogens (tertiary/aromatic N) is 1. The molecule has 51 heavy (non-hydrogen) atoms. The van der Waals surface area contributed by atoms with Crippen LogP contribution in [0, 0.1) is 0 Å². The molecular formula is C49H35NS. The number of rotatable bonds is 5. The molecular weight excluding hydrogens is 635 g/mol. The Morgan fingerprint density at radius 2 is 0.922 bits per heavy atom. The second-order valence-corrected chi connectivity index (χ2v) is 15.3. The summed E-state index contributed by atoms with van der Waals surface area (Å²) in [4.78, 5) is 3.80. The first-order chi connectivity index (χ1) is 25.0. The molecule has 0 N–H and O–H groups in total. The van der Waals surface area contributed by atoms with Crippen LogP contribution in [0.5, 0.6) is 0 Å². The molecule has 1 aliphatic rings. The minimum absolute atomic E-state index is 0.0322. The lowest BCUT2D eigenvalue weighted by atomic mass is 9.80. The first kappa shape index (κ1) is 29.9. The Morgan fingerprint density at radius 1 is 0.431 bits per heavy atom. The Hall–Kier alpha value is -5.96. The van der Waals surface area contributed by atoms with Gasteiger partial charge in [0.1, 0.15) is 0 Å². The van der Waals surface area contributed by atoms with Gasteiger partial charge in [-0.3, -0.25) is 0 Å². The molecule has 0 fully saturated rings. The molecule has 9 aromatic rings. The van der Waals surface area contributed by atoms with Crippen LogP contribution in [0.4, 0.5) is 17.1 Å². The first-order valence-corrected chi connectivity index (χ1v) is 18.5. The van der Waals surface area contributed by atoms with Crippen LogP contribution >= 0.6 is 11.3 Å². The number of benzene rings is 8. The molecule has 0 amide bonds. The highest BCUT2D eigenvalue weighted by Crippen LogP contribution is 2.55. The Kier molecular flexibility index (Phi) is 6.78. The van der Waals surface area contributed by atoms with Crippen molar-refractivity contribution in [1.82, 2.24) is 0 Å². The lowest BCUT2D eigenvalue weighted by molar-refractivity contribution is 0.667. The van der Waals surface area contributed by atoms with E-state index in [0.717, 1.165) is 17.1 Å². The van der Waals surface area contributed by atoms with Crippen molar-refractivity contribution in [3.8, 4) is 32.7 Å². The van der Waals surface area contributed by atoms with Gasteiger partial charge in [-0.15, -0.1) is 11.3 Å². The fourth-order valence-corrected chi connectivity index (χ4v) is 9.57. The Labute approximate surface area is 302 Å². The van der Waals surface area contributed by atoms with Gasteiger partial charge in [-0.25, -0.2) is 0 Å². The topological polar surface area (TPSA) is 3.24 Å². The van der Waals surface area contributed by atoms with Gasteiger partial charge in [0.15, 0.2) is 0 Å². The van der Waals surface area contributed by atoms with Crippen molar-refractivity contribution < 1.29 is 0 Å². The van der Waals surface area contributed by atoms with E-state index in [9.17, 15) is 0 Å². The Bertz CT molecular complexity index is 2690. The maximum Gasteiger partial charge on any atom is 0.0468 e. The third-order valence-electron chi connectivity index (χ3n) is 10.8. The van der Waals surface area contributed by atoms with Crippen LogP contribution in [0.1, 0.15) is 25.0 Å². The van der Waals surface area contributed by atoms with Gasteiger partial charge in [0, 0.05) is 32.1 Å². The molecule has 1 aliphatic carbocycles. The van der Waals surface area contributed by atoms with Crippen LogP contribution in [0.15, 0.2) is 176 Å². The second kappa shape index (κ2) is 11.6. The first-order valence-electron chi connectivity index (χ1n) is 17.7. The Morgan fingerprint density at radius 3 is 1.55 bits per heavy atom. The van der Waals surface area contributed by atoms with E-state index >= 15 is 0 Å². The average molecular weight is 670 g/mol. The van der Waals surface area contributed by atoms with Crippen LogP contribution in [-0.4, -0.2) is 0 Å². The molecule has 1 nitrogen and oxygen atoms in total. The van der Waals surface area contributed by atoms with E-state index < -0.39 is 0 Å². The fourth-order valence-electron chi connectivity index (χ4n) is 8.17. The average Bonchev–Trinajstić information content (AvgIpc) is 3.68. The molecule has 0 atom stereocenters. The van der Waals surface area contributed by atoms with Gasteiger partial charge in [-0.05, 0) is 114 Å². The number of thiophene rings is 1. The molecule has 0 saturated heterocycles. The van der Waals surface area contributed by atoms with Crippen molar-refractivity contribution in [3.05, 3.63) is 187 Å². The quantitative estimate of drug-likeness (QED) is 0.176. The third-order valence-corrected chi connectivity index (χ3v) is 12.0. The maximum atomic E-state index is 2.43. The standard InChI is InChI=1S/C49H35NS/c1-49(2)45-31-39(23-28-43(45)48-47(49)44-13-7-8-14-46(44)51-48)36-17-15-34(16-18-36)35-19-24-40(25-20-35)50(41-26-21-32-9-3-5-11-37(32)29-41)42-27-22-33-10-4-6-12-38(33)30-42/h3-31H,1-2H3. The molecule has 0 aliphatic heterocycles. The molecule has 0 unspecified atom stereocenters. The summed E-state index contributed by atoms with van der Waals surface area (Å²) in [6.07, 6.45) is 0. The molecule has 2 heteroatoms. The lowest BCUT2D eigenvalue weighted by Crippen LogP contribution is -2.15. The maximum absolute atomic E-state index is 2.43. The van der Waals surface area contributed by atoms with Crippen molar-refractivity contribution in [2.45, 2.75) is 19.3 Å². The third kappa shape index (κ3) is 4.90. The summed E-state index contributed by atoms with van der Waals surface area (Å²) in [5, 5.41) is 6.34. The van der Waals surface area contributed by atoms with Crippen LogP contribution in [-0.2, 0) is 5.41 Å². The fraction of sp³-hybridized carbons (Fsp3) is 0.0612. The summed E-state index contributed by atoms with van der Waals surface area (Å²) in [5.41, 5.74) is 12.6. The normalized spacial score (nSPS) is 13.1. The van der Waals surface area contributed by atoms with Gasteiger partial charge < -0.3 is 4.90 Å². The smallest absolute Gasteiger partial charge is 0.0468 e. The Balaban J connectivity index is 0.974. The lowest BCUT2D eigenvalue weighted by Gasteiger charge is -2.26. The SMILES string of the molecule is CC1(C)c2cc(-c3ccc(-c4ccc(N(c5ccc6ccccc6c5)c5ccc6ccccc6c5)cc4)cc3)ccc2-c2sc3ccccc3c21. The van der Waals surface area contributed by atoms with Gasteiger partial charge in [-0.1, -0.05) is 141 Å². The molecule has 0 spiro atoms. The predicted molar refractivity (Wildman–Crippen MR) is 220 cm³/mol. The predicted octanol–water partition coefficient (Wildman–Crippen LogP) is 14.3. The van der Waals surface area contributed by atoms with Gasteiger partial charge in [-0.2, -0.15) is 0 Å². The summed E-state index contributed by atoms with van der Waals surface area (Å²) in [7, 11) is 0. The molecule has 0 radical (unpaired) electrons. The zero-order valence-electron chi connectivity index (χ0n) is 28.6. The number of hydrogen-bond acceptors (Lipinski definition) is 2. The number of hydrogen-bond donors (Lipinski definition) is 0. The molecule has 1 aromatic heterocycles. The van der Waals surface area contributed by atoms with Gasteiger partial charge in [0.2, 0.25) is 0 Å². The van der Waals surface area contributed by atoms with E-state index in [1.807, 2.05) is 11.3 Å². The van der Waals surface area contributed by atoms with E-state index in [1.54, 1.807) is 0 Å². The summed E-state index contributed by atoms with van der Waals surface area (Å²) in [5.74, 6) is 0. The molecule has 10 rings (SSSR count). The van der Waals surface area contributed by atoms with E-state index in [1.165, 1.54) is 75.5 Å². The van der Waals surface area contributed by atoms with Crippen LogP contribution in [0.25, 0.3) is 64.3 Å². The summed E-state index contributed by atoms with van der Waals surface area (Å²) < 4.78 is 1.38. The number of anilines is 3. The van der Waals surface area contributed by atoms with Gasteiger partial charge in [0.05, 0.1) is 0 Å². The highest BCUT2D eigenvalue weighted by molar-refractivity contribution is 7.22. The minimum atomic E-state index is -0.0322. The van der Waals surface area contributed by atoms with Gasteiger partial charge >= 0.3 is 0 Å². The van der Waals surface area contributed by atoms with Crippen LogP contribution in [0.3, 0.4) is 0 Å². The molecule has 8 aromatic carbocycles. The van der Waals surface area contributed by atoms with Crippen molar-refractivity contribution in [3.63, 3.8) is 0 Å². The number of fused-ring (bicyclic) bond motifs is 7. The monoisotopic (exact) mass is 669 g/mol. The van der Waals surface area contributed by atoms with E-state index in [2.05, 4.69) is 195 Å². The summed E-state index contributed by atoms with van der Waals surface area (Å²) in [6.45, 7) is 4.77. The summed E-state index contributed by atoms with van der Waals surface area (Å²) >= 11 is 1.93. The van der Waals surface area contributed by atoms with Crippen LogP contribution in [0.2, 0.25) is 0 Å². The largest absolute Gasteiger partial charge is 0.310 e. The highest BCUT2D eigenvalue weighted by atomic mass is 32.1. The highest BCUT2D eigenvalue weighted by Gasteiger charge is 2.38. The van der Waals surface area contributed by atoms with E-state index in [4.69, 9.17) is 0 Å². The second-order valence-electron chi connectivity index (χ2n) is 14.2. The van der Waals surface area contributed by atoms with E-state index in [0.29, 0.717) is 0 Å². The van der Waals surface area contributed by atoms with Crippen molar-refractivity contribution in [2.24, 2.45) is 0 Å². The zero-order valence-corrected chi connectivity index (χ0v) is 29.4. The summed E-state index contributed by atoms with van der Waals surface area (Å²) in [6, 6.07) is 64.6. The van der Waals surface area contributed by atoms with Crippen LogP contribution < -0.4 is 4.90 Å². The molecule has 0 bridgehead atoms. The molecule has 0 saturated carbocycles. The molecule has 242 valence electrons. The minimum Gasteiger partial charge on any atom is -0.310 e. The van der Waals surface area contributed by atoms with E-state index in [-0.39, 0.29) is 5.41 Å². The molecule has 1 heterocycles. The van der Waals surface area contributed by atoms with Crippen molar-refractivity contribution in [2.75, 3.05) is 4.90 Å². The zero-order chi connectivity index (χ0) is 34.1. The van der Waals surface area contributed by atoms with Crippen molar-refractivity contribution >= 4 is 60.0 Å². The van der Waals surface area contributed by atoms with Crippen molar-refractivity contribution in [1.29, 1.82) is 0 Å². The van der Waals surface area contributed by atoms with Gasteiger partial charge in [0.25, 0.3) is 0 Å².